The summed E-state index contributed by atoms with van der Waals surface area (Å²) in [5.74, 6) is 1.24. The molecule has 0 unspecified atom stereocenters. The summed E-state index contributed by atoms with van der Waals surface area (Å²) in [6.45, 7) is 8.35. The van der Waals surface area contributed by atoms with Crippen molar-refractivity contribution < 1.29 is 0 Å². The van der Waals surface area contributed by atoms with Crippen LogP contribution in [0, 0.1) is 6.92 Å². The fourth-order valence-corrected chi connectivity index (χ4v) is 4.90. The summed E-state index contributed by atoms with van der Waals surface area (Å²) in [5.41, 5.74) is 12.6. The molecule has 1 saturated heterocycles. The molecule has 5 rings (SSSR count). The minimum atomic E-state index is 0.616. The van der Waals surface area contributed by atoms with Crippen LogP contribution in [0.15, 0.2) is 57.8 Å². The second kappa shape index (κ2) is 10.0. The van der Waals surface area contributed by atoms with Crippen molar-refractivity contribution in [2.75, 3.05) is 45.1 Å². The quantitative estimate of drug-likeness (QED) is 0.563. The lowest BCUT2D eigenvalue weighted by Gasteiger charge is -2.32. The third kappa shape index (κ3) is 5.35. The van der Waals surface area contributed by atoms with E-state index < -0.39 is 0 Å². The number of aryl methyl sites for hydroxylation is 1. The van der Waals surface area contributed by atoms with Crippen molar-refractivity contribution in [1.29, 1.82) is 0 Å². The number of rotatable bonds is 6. The molecule has 3 aromatic rings. The van der Waals surface area contributed by atoms with E-state index in [2.05, 4.69) is 86.5 Å². The molecule has 8 heteroatoms. The Morgan fingerprint density at radius 2 is 1.79 bits per heavy atom. The molecule has 1 aromatic heterocycles. The second-order valence-electron chi connectivity index (χ2n) is 9.03. The van der Waals surface area contributed by atoms with Gasteiger partial charge < -0.3 is 16.0 Å². The SMILES string of the molecule is Cc1ccc(-c2ccc(CN3CCN(C)CC3)cc2)cc1Nc1nc(C2=NCCC(N)=N2)cs1. The van der Waals surface area contributed by atoms with Gasteiger partial charge in [-0.25, -0.2) is 9.98 Å². The van der Waals surface area contributed by atoms with Gasteiger partial charge in [0.15, 0.2) is 11.0 Å². The van der Waals surface area contributed by atoms with E-state index in [1.165, 1.54) is 22.3 Å². The van der Waals surface area contributed by atoms with E-state index in [4.69, 9.17) is 5.73 Å². The topological polar surface area (TPSA) is 82.1 Å². The van der Waals surface area contributed by atoms with Crippen molar-refractivity contribution in [3.8, 4) is 11.1 Å². The van der Waals surface area contributed by atoms with Crippen LogP contribution in [0.25, 0.3) is 11.1 Å². The highest BCUT2D eigenvalue weighted by atomic mass is 32.1. The molecule has 1 fully saturated rings. The third-order valence-corrected chi connectivity index (χ3v) is 7.14. The van der Waals surface area contributed by atoms with Gasteiger partial charge >= 0.3 is 0 Å². The number of aromatic nitrogens is 1. The van der Waals surface area contributed by atoms with Crippen LogP contribution in [-0.2, 0) is 6.54 Å². The number of hydrogen-bond acceptors (Lipinski definition) is 8. The molecule has 176 valence electrons. The number of nitrogens with two attached hydrogens (primary N) is 1. The van der Waals surface area contributed by atoms with Gasteiger partial charge in [-0.2, -0.15) is 0 Å². The van der Waals surface area contributed by atoms with E-state index in [-0.39, 0.29) is 0 Å². The number of nitrogens with zero attached hydrogens (tertiary/aromatic N) is 5. The number of nitrogens with one attached hydrogen (secondary N) is 1. The minimum Gasteiger partial charge on any atom is -0.387 e. The molecule has 2 aliphatic rings. The Balaban J connectivity index is 1.28. The molecule has 34 heavy (non-hydrogen) atoms. The van der Waals surface area contributed by atoms with Crippen molar-refractivity contribution in [3.63, 3.8) is 0 Å². The number of hydrogen-bond donors (Lipinski definition) is 2. The summed E-state index contributed by atoms with van der Waals surface area (Å²) in [5, 5.41) is 6.28. The summed E-state index contributed by atoms with van der Waals surface area (Å²) in [7, 11) is 2.20. The van der Waals surface area contributed by atoms with E-state index in [0.29, 0.717) is 24.6 Å². The first-order chi connectivity index (χ1) is 16.5. The molecule has 3 heterocycles. The van der Waals surface area contributed by atoms with E-state index in [1.54, 1.807) is 11.3 Å². The van der Waals surface area contributed by atoms with Gasteiger partial charge in [-0.1, -0.05) is 36.4 Å². The predicted octanol–water partition coefficient (Wildman–Crippen LogP) is 4.12. The molecule has 0 amide bonds. The lowest BCUT2D eigenvalue weighted by atomic mass is 10.0. The van der Waals surface area contributed by atoms with Crippen molar-refractivity contribution in [1.82, 2.24) is 14.8 Å². The first kappa shape index (κ1) is 22.7. The fraction of sp³-hybridized carbons (Fsp3) is 0.346. The fourth-order valence-electron chi connectivity index (χ4n) is 4.19. The molecule has 7 nitrogen and oxygen atoms in total. The maximum atomic E-state index is 5.87. The Morgan fingerprint density at radius 1 is 1.03 bits per heavy atom. The summed E-state index contributed by atoms with van der Waals surface area (Å²) in [6, 6.07) is 15.5. The summed E-state index contributed by atoms with van der Waals surface area (Å²) in [6.07, 6.45) is 0.710. The molecule has 0 atom stereocenters. The van der Waals surface area contributed by atoms with Gasteiger partial charge in [0.2, 0.25) is 0 Å². The van der Waals surface area contributed by atoms with Crippen molar-refractivity contribution in [2.24, 2.45) is 15.7 Å². The van der Waals surface area contributed by atoms with Crippen LogP contribution in [0.3, 0.4) is 0 Å². The number of likely N-dealkylation sites (N-methyl/N-ethyl adjacent to an activating group) is 1. The molecule has 3 N–H and O–H groups in total. The molecular weight excluding hydrogens is 442 g/mol. The lowest BCUT2D eigenvalue weighted by molar-refractivity contribution is 0.148. The Bertz CT molecular complexity index is 1200. The number of thiazole rings is 1. The highest BCUT2D eigenvalue weighted by Gasteiger charge is 2.15. The number of aliphatic imine (C=N–C) groups is 2. The highest BCUT2D eigenvalue weighted by Crippen LogP contribution is 2.29. The summed E-state index contributed by atoms with van der Waals surface area (Å²) >= 11 is 1.55. The maximum absolute atomic E-state index is 5.87. The summed E-state index contributed by atoms with van der Waals surface area (Å²) < 4.78 is 0. The second-order valence-corrected chi connectivity index (χ2v) is 9.89. The van der Waals surface area contributed by atoms with E-state index in [9.17, 15) is 0 Å². The van der Waals surface area contributed by atoms with Crippen LogP contribution in [-0.4, -0.2) is 66.2 Å². The lowest BCUT2D eigenvalue weighted by Crippen LogP contribution is -2.43. The van der Waals surface area contributed by atoms with Crippen LogP contribution in [0.5, 0.6) is 0 Å². The van der Waals surface area contributed by atoms with Gasteiger partial charge in [-0.15, -0.1) is 11.3 Å². The van der Waals surface area contributed by atoms with Gasteiger partial charge in [0, 0.05) is 56.8 Å². The normalized spacial score (nSPS) is 17.4. The smallest absolute Gasteiger partial charge is 0.187 e. The van der Waals surface area contributed by atoms with Crippen molar-refractivity contribution in [2.45, 2.75) is 19.9 Å². The molecule has 0 spiro atoms. The first-order valence-electron chi connectivity index (χ1n) is 11.7. The Labute approximate surface area is 205 Å². The average molecular weight is 474 g/mol. The van der Waals surface area contributed by atoms with Gasteiger partial charge in [-0.05, 0) is 42.3 Å². The van der Waals surface area contributed by atoms with Crippen molar-refractivity contribution in [3.05, 3.63) is 64.7 Å². The van der Waals surface area contributed by atoms with Crippen LogP contribution in [0.2, 0.25) is 0 Å². The molecule has 0 bridgehead atoms. The van der Waals surface area contributed by atoms with E-state index in [0.717, 1.165) is 49.2 Å². The standard InChI is InChI=1S/C26H31N7S/c1-18-3-6-21(20-7-4-19(5-8-20)16-33-13-11-32(2)12-14-33)15-22(18)29-26-30-23(17-34-26)25-28-10-9-24(27)31-25/h3-8,15,17H,9-14,16H2,1-2H3,(H,29,30)(H2,27,28,31). The molecule has 2 aliphatic heterocycles. The average Bonchev–Trinajstić information content (AvgIpc) is 3.31. The zero-order valence-electron chi connectivity index (χ0n) is 19.8. The van der Waals surface area contributed by atoms with Crippen LogP contribution in [0.1, 0.15) is 23.2 Å². The zero-order chi connectivity index (χ0) is 23.5. The molecular formula is C26H31N7S. The first-order valence-corrected chi connectivity index (χ1v) is 12.6. The zero-order valence-corrected chi connectivity index (χ0v) is 20.6. The Kier molecular flexibility index (Phi) is 6.71. The monoisotopic (exact) mass is 473 g/mol. The largest absolute Gasteiger partial charge is 0.387 e. The number of amidine groups is 2. The van der Waals surface area contributed by atoms with Gasteiger partial charge in [-0.3, -0.25) is 9.89 Å². The number of piperazine rings is 1. The van der Waals surface area contributed by atoms with Gasteiger partial charge in [0.25, 0.3) is 0 Å². The molecule has 0 radical (unpaired) electrons. The third-order valence-electron chi connectivity index (χ3n) is 6.38. The van der Waals surface area contributed by atoms with Crippen LogP contribution in [0.4, 0.5) is 10.8 Å². The number of benzene rings is 2. The maximum Gasteiger partial charge on any atom is 0.187 e. The molecule has 0 aliphatic carbocycles. The predicted molar refractivity (Wildman–Crippen MR) is 142 cm³/mol. The Hall–Kier alpha value is -3.07. The molecule has 0 saturated carbocycles. The van der Waals surface area contributed by atoms with Gasteiger partial charge in [0.1, 0.15) is 11.5 Å². The van der Waals surface area contributed by atoms with E-state index in [1.807, 2.05) is 5.38 Å². The van der Waals surface area contributed by atoms with Crippen LogP contribution < -0.4 is 11.1 Å². The van der Waals surface area contributed by atoms with Gasteiger partial charge in [0.05, 0.1) is 0 Å². The van der Waals surface area contributed by atoms with Crippen LogP contribution >= 0.6 is 11.3 Å². The van der Waals surface area contributed by atoms with Crippen molar-refractivity contribution >= 4 is 33.8 Å². The number of anilines is 2. The highest BCUT2D eigenvalue weighted by molar-refractivity contribution is 7.14. The van der Waals surface area contributed by atoms with E-state index >= 15 is 0 Å². The Morgan fingerprint density at radius 3 is 2.56 bits per heavy atom. The summed E-state index contributed by atoms with van der Waals surface area (Å²) in [4.78, 5) is 18.4. The molecule has 2 aromatic carbocycles. The minimum absolute atomic E-state index is 0.616.